The number of likely N-dealkylation sites (tertiary alicyclic amines) is 1. The molecule has 0 unspecified atom stereocenters. The number of aryl methyl sites for hydroxylation is 1. The first kappa shape index (κ1) is 17.6. The van der Waals surface area contributed by atoms with Crippen molar-refractivity contribution in [2.45, 2.75) is 59.4 Å². The molecule has 1 aliphatic heterocycles. The molecule has 1 fully saturated rings. The molecule has 1 amide bonds. The molecular weight excluding hydrogens is 292 g/mol. The standard InChI is InChI=1S/C18H28N2O3/c1-13(2)20-14(3)11-16(15(20)4)18(22)23-12-17(21)19-9-7-5-6-8-10-19/h11,13H,5-10,12H2,1-4H3. The Bertz CT molecular complexity index is 567. The molecule has 23 heavy (non-hydrogen) atoms. The van der Waals surface area contributed by atoms with Crippen LogP contribution in [0.25, 0.3) is 0 Å². The molecule has 0 aromatic carbocycles. The first-order valence-corrected chi connectivity index (χ1v) is 8.55. The van der Waals surface area contributed by atoms with E-state index in [9.17, 15) is 9.59 Å². The van der Waals surface area contributed by atoms with Crippen LogP contribution < -0.4 is 0 Å². The number of rotatable bonds is 4. The molecule has 0 saturated carbocycles. The lowest BCUT2D eigenvalue weighted by Crippen LogP contribution is -2.35. The fourth-order valence-corrected chi connectivity index (χ4v) is 3.39. The number of hydrogen-bond acceptors (Lipinski definition) is 3. The largest absolute Gasteiger partial charge is 0.452 e. The molecule has 0 atom stereocenters. The maximum Gasteiger partial charge on any atom is 0.340 e. The van der Waals surface area contributed by atoms with E-state index in [0.29, 0.717) is 5.56 Å². The summed E-state index contributed by atoms with van der Waals surface area (Å²) in [4.78, 5) is 26.3. The summed E-state index contributed by atoms with van der Waals surface area (Å²) >= 11 is 0. The molecule has 2 rings (SSSR count). The lowest BCUT2D eigenvalue weighted by atomic mass is 10.2. The summed E-state index contributed by atoms with van der Waals surface area (Å²) in [5, 5.41) is 0. The number of carbonyl (C=O) groups excluding carboxylic acids is 2. The van der Waals surface area contributed by atoms with Gasteiger partial charge in [0.1, 0.15) is 0 Å². The number of hydrogen-bond donors (Lipinski definition) is 0. The van der Waals surface area contributed by atoms with Crippen molar-refractivity contribution in [1.29, 1.82) is 0 Å². The van der Waals surface area contributed by atoms with Crippen LogP contribution in [0, 0.1) is 13.8 Å². The fourth-order valence-electron chi connectivity index (χ4n) is 3.39. The van der Waals surface area contributed by atoms with Gasteiger partial charge >= 0.3 is 5.97 Å². The summed E-state index contributed by atoms with van der Waals surface area (Å²) in [6, 6.07) is 2.13. The summed E-state index contributed by atoms with van der Waals surface area (Å²) in [6.45, 7) is 9.45. The van der Waals surface area contributed by atoms with Crippen LogP contribution in [0.1, 0.15) is 67.3 Å². The van der Waals surface area contributed by atoms with Crippen molar-refractivity contribution in [3.05, 3.63) is 23.0 Å². The van der Waals surface area contributed by atoms with Crippen LogP contribution in [0.3, 0.4) is 0 Å². The minimum atomic E-state index is -0.409. The predicted octanol–water partition coefficient (Wildman–Crippen LogP) is 3.25. The maximum atomic E-state index is 12.3. The van der Waals surface area contributed by atoms with Crippen molar-refractivity contribution in [2.24, 2.45) is 0 Å². The number of esters is 1. The van der Waals surface area contributed by atoms with Crippen molar-refractivity contribution in [1.82, 2.24) is 9.47 Å². The molecule has 1 aromatic heterocycles. The topological polar surface area (TPSA) is 51.5 Å². The van der Waals surface area contributed by atoms with E-state index in [0.717, 1.165) is 37.3 Å². The highest BCUT2D eigenvalue weighted by Crippen LogP contribution is 2.21. The monoisotopic (exact) mass is 320 g/mol. The molecule has 1 saturated heterocycles. The van der Waals surface area contributed by atoms with Crippen LogP contribution in [0.15, 0.2) is 6.07 Å². The second-order valence-electron chi connectivity index (χ2n) is 6.62. The molecule has 1 aromatic rings. The predicted molar refractivity (Wildman–Crippen MR) is 89.6 cm³/mol. The van der Waals surface area contributed by atoms with Gasteiger partial charge in [-0.15, -0.1) is 0 Å². The lowest BCUT2D eigenvalue weighted by Gasteiger charge is -2.20. The van der Waals surface area contributed by atoms with E-state index in [1.165, 1.54) is 12.8 Å². The summed E-state index contributed by atoms with van der Waals surface area (Å²) < 4.78 is 7.37. The quantitative estimate of drug-likeness (QED) is 0.800. The molecule has 5 nitrogen and oxygen atoms in total. The summed E-state index contributed by atoms with van der Waals surface area (Å²) in [5.74, 6) is -0.494. The van der Waals surface area contributed by atoms with Gasteiger partial charge in [-0.05, 0) is 46.6 Å². The van der Waals surface area contributed by atoms with Gasteiger partial charge in [-0.25, -0.2) is 4.79 Å². The van der Waals surface area contributed by atoms with Gasteiger partial charge in [0, 0.05) is 30.5 Å². The van der Waals surface area contributed by atoms with Crippen LogP contribution in [0.4, 0.5) is 0 Å². The second kappa shape index (κ2) is 7.66. The minimum Gasteiger partial charge on any atom is -0.452 e. The summed E-state index contributed by atoms with van der Waals surface area (Å²) in [7, 11) is 0. The van der Waals surface area contributed by atoms with Crippen LogP contribution in [-0.4, -0.2) is 41.0 Å². The molecular formula is C18H28N2O3. The third-order valence-corrected chi connectivity index (χ3v) is 4.51. The SMILES string of the molecule is Cc1cc(C(=O)OCC(=O)N2CCCCCC2)c(C)n1C(C)C. The molecule has 0 bridgehead atoms. The highest BCUT2D eigenvalue weighted by atomic mass is 16.5. The van der Waals surface area contributed by atoms with E-state index < -0.39 is 5.97 Å². The first-order chi connectivity index (χ1) is 10.9. The zero-order valence-corrected chi connectivity index (χ0v) is 14.7. The molecule has 0 radical (unpaired) electrons. The van der Waals surface area contributed by atoms with Gasteiger partial charge in [0.15, 0.2) is 6.61 Å². The highest BCUT2D eigenvalue weighted by Gasteiger charge is 2.21. The van der Waals surface area contributed by atoms with E-state index in [1.807, 2.05) is 24.8 Å². The lowest BCUT2D eigenvalue weighted by molar-refractivity contribution is -0.134. The van der Waals surface area contributed by atoms with Gasteiger partial charge in [-0.1, -0.05) is 12.8 Å². The van der Waals surface area contributed by atoms with Gasteiger partial charge in [-0.3, -0.25) is 4.79 Å². The molecule has 0 aliphatic carbocycles. The molecule has 5 heteroatoms. The molecule has 0 spiro atoms. The summed E-state index contributed by atoms with van der Waals surface area (Å²) in [5.41, 5.74) is 2.48. The average molecular weight is 320 g/mol. The maximum absolute atomic E-state index is 12.3. The van der Waals surface area contributed by atoms with Crippen LogP contribution in [0.5, 0.6) is 0 Å². The van der Waals surface area contributed by atoms with E-state index in [1.54, 1.807) is 0 Å². The van der Waals surface area contributed by atoms with Crippen LogP contribution in [-0.2, 0) is 9.53 Å². The van der Waals surface area contributed by atoms with Crippen molar-refractivity contribution < 1.29 is 14.3 Å². The van der Waals surface area contributed by atoms with E-state index in [4.69, 9.17) is 4.74 Å². The third-order valence-electron chi connectivity index (χ3n) is 4.51. The van der Waals surface area contributed by atoms with Crippen molar-refractivity contribution in [3.8, 4) is 0 Å². The van der Waals surface area contributed by atoms with Gasteiger partial charge in [-0.2, -0.15) is 0 Å². The third kappa shape index (κ3) is 4.15. The Morgan fingerprint density at radius 2 is 1.74 bits per heavy atom. The minimum absolute atomic E-state index is 0.0853. The number of aromatic nitrogens is 1. The van der Waals surface area contributed by atoms with Gasteiger partial charge in [0.2, 0.25) is 0 Å². The molecule has 128 valence electrons. The zero-order valence-electron chi connectivity index (χ0n) is 14.7. The number of ether oxygens (including phenoxy) is 1. The Morgan fingerprint density at radius 1 is 1.13 bits per heavy atom. The average Bonchev–Trinajstić information content (AvgIpc) is 2.70. The van der Waals surface area contributed by atoms with Crippen molar-refractivity contribution in [3.63, 3.8) is 0 Å². The van der Waals surface area contributed by atoms with E-state index >= 15 is 0 Å². The van der Waals surface area contributed by atoms with Crippen LogP contribution >= 0.6 is 0 Å². The number of carbonyl (C=O) groups is 2. The van der Waals surface area contributed by atoms with Gasteiger partial charge in [0.05, 0.1) is 5.56 Å². The highest BCUT2D eigenvalue weighted by molar-refractivity contribution is 5.92. The molecule has 0 N–H and O–H groups in total. The smallest absolute Gasteiger partial charge is 0.340 e. The molecule has 1 aliphatic rings. The number of amides is 1. The summed E-state index contributed by atoms with van der Waals surface area (Å²) in [6.07, 6.45) is 4.42. The number of nitrogens with zero attached hydrogens (tertiary/aromatic N) is 2. The Balaban J connectivity index is 1.97. The van der Waals surface area contributed by atoms with E-state index in [-0.39, 0.29) is 18.6 Å². The van der Waals surface area contributed by atoms with Crippen molar-refractivity contribution in [2.75, 3.05) is 19.7 Å². The van der Waals surface area contributed by atoms with E-state index in [2.05, 4.69) is 18.4 Å². The normalized spacial score (nSPS) is 15.6. The Hall–Kier alpha value is -1.78. The molecule has 2 heterocycles. The Kier molecular flexibility index (Phi) is 5.85. The Labute approximate surface area is 138 Å². The van der Waals surface area contributed by atoms with Crippen molar-refractivity contribution >= 4 is 11.9 Å². The van der Waals surface area contributed by atoms with Gasteiger partial charge < -0.3 is 14.2 Å². The zero-order chi connectivity index (χ0) is 17.0. The Morgan fingerprint density at radius 3 is 2.26 bits per heavy atom. The fraction of sp³-hybridized carbons (Fsp3) is 0.667. The first-order valence-electron chi connectivity index (χ1n) is 8.55. The van der Waals surface area contributed by atoms with Crippen LogP contribution in [0.2, 0.25) is 0 Å². The van der Waals surface area contributed by atoms with Gasteiger partial charge in [0.25, 0.3) is 5.91 Å². The second-order valence-corrected chi connectivity index (χ2v) is 6.62.